The molecule has 0 aliphatic heterocycles. The predicted octanol–water partition coefficient (Wildman–Crippen LogP) is 1.30. The van der Waals surface area contributed by atoms with Gasteiger partial charge in [-0.1, -0.05) is 5.21 Å². The van der Waals surface area contributed by atoms with Gasteiger partial charge in [0.15, 0.2) is 0 Å². The van der Waals surface area contributed by atoms with Crippen molar-refractivity contribution in [1.82, 2.24) is 15.0 Å². The number of nitrogens with zero attached hydrogens (tertiary/aromatic N) is 4. The number of nitrogens with two attached hydrogens (primary N) is 1. The first-order chi connectivity index (χ1) is 8.74. The van der Waals surface area contributed by atoms with Crippen LogP contribution in [0.1, 0.15) is 12.0 Å². The molecule has 5 nitrogen and oxygen atoms in total. The molecule has 0 saturated heterocycles. The second-order valence-corrected chi connectivity index (χ2v) is 3.82. The molecule has 1 aromatic heterocycles. The van der Waals surface area contributed by atoms with Crippen molar-refractivity contribution < 1.29 is 4.39 Å². The van der Waals surface area contributed by atoms with E-state index in [1.165, 1.54) is 12.1 Å². The van der Waals surface area contributed by atoms with E-state index in [2.05, 4.69) is 10.3 Å². The Morgan fingerprint density at radius 1 is 1.44 bits per heavy atom. The Kier molecular flexibility index (Phi) is 3.65. The van der Waals surface area contributed by atoms with Crippen molar-refractivity contribution >= 4 is 0 Å². The summed E-state index contributed by atoms with van der Waals surface area (Å²) < 4.78 is 14.9. The molecule has 92 valence electrons. The van der Waals surface area contributed by atoms with E-state index >= 15 is 0 Å². The second kappa shape index (κ2) is 5.38. The Morgan fingerprint density at radius 3 is 3.00 bits per heavy atom. The van der Waals surface area contributed by atoms with E-state index < -0.39 is 5.82 Å². The molecule has 0 aliphatic rings. The van der Waals surface area contributed by atoms with Crippen LogP contribution in [-0.2, 0) is 6.54 Å². The minimum Gasteiger partial charge on any atom is -0.330 e. The molecule has 0 unspecified atom stereocenters. The van der Waals surface area contributed by atoms with E-state index in [0.717, 1.165) is 6.42 Å². The fraction of sp³-hybridized carbons (Fsp3) is 0.250. The molecular weight excluding hydrogens is 233 g/mol. The van der Waals surface area contributed by atoms with Crippen LogP contribution in [0.3, 0.4) is 0 Å². The SMILES string of the molecule is N#Cc1cc(-c2cn(CCCN)nn2)ccc1F. The van der Waals surface area contributed by atoms with Crippen molar-refractivity contribution in [1.29, 1.82) is 5.26 Å². The number of aryl methyl sites for hydroxylation is 1. The summed E-state index contributed by atoms with van der Waals surface area (Å²) in [6, 6.07) is 6.10. The van der Waals surface area contributed by atoms with Crippen molar-refractivity contribution in [3.63, 3.8) is 0 Å². The first-order valence-corrected chi connectivity index (χ1v) is 5.55. The second-order valence-electron chi connectivity index (χ2n) is 3.82. The molecule has 2 aromatic rings. The van der Waals surface area contributed by atoms with E-state index in [-0.39, 0.29) is 5.56 Å². The molecular formula is C12H12FN5. The van der Waals surface area contributed by atoms with E-state index in [0.29, 0.717) is 24.3 Å². The molecule has 2 N–H and O–H groups in total. The van der Waals surface area contributed by atoms with Crippen LogP contribution in [0.2, 0.25) is 0 Å². The number of hydrogen-bond donors (Lipinski definition) is 1. The van der Waals surface area contributed by atoms with Crippen molar-refractivity contribution in [3.8, 4) is 17.3 Å². The number of aromatic nitrogens is 3. The lowest BCUT2D eigenvalue weighted by molar-refractivity contribution is 0.564. The molecule has 6 heteroatoms. The molecule has 18 heavy (non-hydrogen) atoms. The van der Waals surface area contributed by atoms with Crippen LogP contribution in [0.25, 0.3) is 11.3 Å². The molecule has 0 fully saturated rings. The first-order valence-electron chi connectivity index (χ1n) is 5.55. The Balaban J connectivity index is 2.26. The Hall–Kier alpha value is -2.26. The highest BCUT2D eigenvalue weighted by Gasteiger charge is 2.07. The lowest BCUT2D eigenvalue weighted by atomic mass is 10.1. The summed E-state index contributed by atoms with van der Waals surface area (Å²) >= 11 is 0. The third kappa shape index (κ3) is 2.52. The van der Waals surface area contributed by atoms with Gasteiger partial charge in [0.05, 0.1) is 11.8 Å². The molecule has 0 radical (unpaired) electrons. The van der Waals surface area contributed by atoms with Gasteiger partial charge in [-0.15, -0.1) is 5.10 Å². The minimum atomic E-state index is -0.531. The quantitative estimate of drug-likeness (QED) is 0.880. The fourth-order valence-corrected chi connectivity index (χ4v) is 1.56. The monoisotopic (exact) mass is 245 g/mol. The summed E-state index contributed by atoms with van der Waals surface area (Å²) in [5, 5.41) is 16.7. The van der Waals surface area contributed by atoms with Crippen molar-refractivity contribution in [2.45, 2.75) is 13.0 Å². The van der Waals surface area contributed by atoms with Crippen LogP contribution in [0, 0.1) is 17.1 Å². The maximum Gasteiger partial charge on any atom is 0.140 e. The summed E-state index contributed by atoms with van der Waals surface area (Å²) in [6.07, 6.45) is 2.57. The molecule has 0 aliphatic carbocycles. The van der Waals surface area contributed by atoms with Crippen LogP contribution in [-0.4, -0.2) is 21.5 Å². The standard InChI is InChI=1S/C12H12FN5/c13-11-3-2-9(6-10(11)7-15)12-8-18(17-16-12)5-1-4-14/h2-3,6,8H,1,4-5,14H2. The van der Waals surface area contributed by atoms with Crippen molar-refractivity contribution in [3.05, 3.63) is 35.8 Å². The largest absolute Gasteiger partial charge is 0.330 e. The zero-order valence-corrected chi connectivity index (χ0v) is 9.67. The fourth-order valence-electron chi connectivity index (χ4n) is 1.56. The molecule has 1 aromatic carbocycles. The van der Waals surface area contributed by atoms with E-state index in [9.17, 15) is 4.39 Å². The molecule has 0 spiro atoms. The minimum absolute atomic E-state index is 0.00371. The number of hydrogen-bond acceptors (Lipinski definition) is 4. The van der Waals surface area contributed by atoms with Gasteiger partial charge < -0.3 is 5.73 Å². The van der Waals surface area contributed by atoms with Gasteiger partial charge in [0.2, 0.25) is 0 Å². The third-order valence-electron chi connectivity index (χ3n) is 2.51. The zero-order valence-electron chi connectivity index (χ0n) is 9.67. The highest BCUT2D eigenvalue weighted by molar-refractivity contribution is 5.60. The maximum atomic E-state index is 13.2. The zero-order chi connectivity index (χ0) is 13.0. The smallest absolute Gasteiger partial charge is 0.140 e. The molecule has 2 rings (SSSR count). The molecule has 1 heterocycles. The van der Waals surface area contributed by atoms with E-state index in [4.69, 9.17) is 11.0 Å². The van der Waals surface area contributed by atoms with Gasteiger partial charge in [-0.25, -0.2) is 4.39 Å². The summed E-state index contributed by atoms with van der Waals surface area (Å²) in [6.45, 7) is 1.28. The average Bonchev–Trinajstić information content (AvgIpc) is 2.85. The van der Waals surface area contributed by atoms with E-state index in [1.807, 2.05) is 0 Å². The Morgan fingerprint density at radius 2 is 2.28 bits per heavy atom. The first kappa shape index (κ1) is 12.2. The third-order valence-corrected chi connectivity index (χ3v) is 2.51. The topological polar surface area (TPSA) is 80.5 Å². The van der Waals surface area contributed by atoms with Crippen molar-refractivity contribution in [2.24, 2.45) is 5.73 Å². The summed E-state index contributed by atoms with van der Waals surface area (Å²) in [4.78, 5) is 0. The molecule has 0 amide bonds. The van der Waals surface area contributed by atoms with Gasteiger partial charge in [0.1, 0.15) is 17.6 Å². The van der Waals surface area contributed by atoms with Crippen LogP contribution in [0.15, 0.2) is 24.4 Å². The number of nitriles is 1. The summed E-state index contributed by atoms with van der Waals surface area (Å²) in [5.74, 6) is -0.531. The number of halogens is 1. The van der Waals surface area contributed by atoms with Gasteiger partial charge in [-0.2, -0.15) is 5.26 Å². The lowest BCUT2D eigenvalue weighted by Gasteiger charge is -1.98. The van der Waals surface area contributed by atoms with Gasteiger partial charge in [-0.05, 0) is 31.2 Å². The maximum absolute atomic E-state index is 13.2. The average molecular weight is 245 g/mol. The highest BCUT2D eigenvalue weighted by Crippen LogP contribution is 2.19. The van der Waals surface area contributed by atoms with Gasteiger partial charge >= 0.3 is 0 Å². The van der Waals surface area contributed by atoms with Crippen molar-refractivity contribution in [2.75, 3.05) is 6.54 Å². The number of benzene rings is 1. The number of rotatable bonds is 4. The van der Waals surface area contributed by atoms with Crippen LogP contribution in [0.5, 0.6) is 0 Å². The van der Waals surface area contributed by atoms with Crippen LogP contribution >= 0.6 is 0 Å². The normalized spacial score (nSPS) is 10.3. The Bertz CT molecular complexity index is 584. The van der Waals surface area contributed by atoms with Gasteiger partial charge in [-0.3, -0.25) is 4.68 Å². The lowest BCUT2D eigenvalue weighted by Crippen LogP contribution is -2.06. The van der Waals surface area contributed by atoms with E-state index in [1.54, 1.807) is 23.0 Å². The van der Waals surface area contributed by atoms with Gasteiger partial charge in [0, 0.05) is 12.1 Å². The summed E-state index contributed by atoms with van der Waals surface area (Å²) in [7, 11) is 0. The van der Waals surface area contributed by atoms with Crippen LogP contribution < -0.4 is 5.73 Å². The highest BCUT2D eigenvalue weighted by atomic mass is 19.1. The predicted molar refractivity (Wildman–Crippen MR) is 63.8 cm³/mol. The molecule has 0 atom stereocenters. The Labute approximate surface area is 104 Å². The van der Waals surface area contributed by atoms with Crippen LogP contribution in [0.4, 0.5) is 4.39 Å². The molecule has 0 bridgehead atoms. The molecule has 0 saturated carbocycles. The van der Waals surface area contributed by atoms with Gasteiger partial charge in [0.25, 0.3) is 0 Å². The summed E-state index contributed by atoms with van der Waals surface area (Å²) in [5.41, 5.74) is 6.70.